The van der Waals surface area contributed by atoms with Crippen molar-refractivity contribution in [1.29, 1.82) is 0 Å². The van der Waals surface area contributed by atoms with Gasteiger partial charge in [0.05, 0.1) is 0 Å². The van der Waals surface area contributed by atoms with Crippen molar-refractivity contribution in [2.45, 2.75) is 52.6 Å². The standard InChI is InChI=1S/C14H23N3/c1-4-7-17(12-5-6-12)14-13(9-15)10(2)8-11(3)16-14/h8,12H,4-7,9,15H2,1-3H3. The zero-order chi connectivity index (χ0) is 12.4. The summed E-state index contributed by atoms with van der Waals surface area (Å²) in [5.74, 6) is 1.13. The highest BCUT2D eigenvalue weighted by Crippen LogP contribution is 2.33. The van der Waals surface area contributed by atoms with Gasteiger partial charge in [-0.2, -0.15) is 0 Å². The predicted molar refractivity (Wildman–Crippen MR) is 72.3 cm³/mol. The number of rotatable bonds is 5. The minimum absolute atomic E-state index is 0.585. The zero-order valence-electron chi connectivity index (χ0n) is 11.2. The highest BCUT2D eigenvalue weighted by Gasteiger charge is 2.30. The summed E-state index contributed by atoms with van der Waals surface area (Å²) in [5, 5.41) is 0. The van der Waals surface area contributed by atoms with Crippen LogP contribution in [0.2, 0.25) is 0 Å². The van der Waals surface area contributed by atoms with Crippen LogP contribution in [0, 0.1) is 13.8 Å². The molecule has 1 aromatic heterocycles. The van der Waals surface area contributed by atoms with Gasteiger partial charge >= 0.3 is 0 Å². The summed E-state index contributed by atoms with van der Waals surface area (Å²) in [7, 11) is 0. The van der Waals surface area contributed by atoms with Crippen molar-refractivity contribution in [1.82, 2.24) is 4.98 Å². The molecule has 2 N–H and O–H groups in total. The fraction of sp³-hybridized carbons (Fsp3) is 0.643. The maximum Gasteiger partial charge on any atom is 0.133 e. The Morgan fingerprint density at radius 3 is 2.65 bits per heavy atom. The van der Waals surface area contributed by atoms with Gasteiger partial charge in [0, 0.05) is 30.4 Å². The second-order valence-electron chi connectivity index (χ2n) is 5.01. The molecule has 17 heavy (non-hydrogen) atoms. The first-order valence-corrected chi connectivity index (χ1v) is 6.61. The first kappa shape index (κ1) is 12.4. The van der Waals surface area contributed by atoms with Gasteiger partial charge in [-0.15, -0.1) is 0 Å². The van der Waals surface area contributed by atoms with E-state index in [4.69, 9.17) is 10.7 Å². The van der Waals surface area contributed by atoms with E-state index in [1.165, 1.54) is 24.0 Å². The number of aromatic nitrogens is 1. The van der Waals surface area contributed by atoms with Crippen molar-refractivity contribution in [3.63, 3.8) is 0 Å². The van der Waals surface area contributed by atoms with E-state index >= 15 is 0 Å². The normalized spacial score (nSPS) is 15.1. The molecule has 0 bridgehead atoms. The summed E-state index contributed by atoms with van der Waals surface area (Å²) in [5.41, 5.74) is 9.48. The largest absolute Gasteiger partial charge is 0.353 e. The third-order valence-electron chi connectivity index (χ3n) is 3.38. The van der Waals surface area contributed by atoms with E-state index in [9.17, 15) is 0 Å². The van der Waals surface area contributed by atoms with Crippen LogP contribution in [0.4, 0.5) is 5.82 Å². The molecule has 1 aromatic rings. The van der Waals surface area contributed by atoms with Gasteiger partial charge in [-0.25, -0.2) is 4.98 Å². The number of nitrogens with two attached hydrogens (primary N) is 1. The Kier molecular flexibility index (Phi) is 3.67. The molecule has 0 saturated heterocycles. The quantitative estimate of drug-likeness (QED) is 0.849. The Balaban J connectivity index is 2.39. The van der Waals surface area contributed by atoms with Crippen LogP contribution in [0.25, 0.3) is 0 Å². The van der Waals surface area contributed by atoms with Crippen LogP contribution in [-0.2, 0) is 6.54 Å². The third-order valence-corrected chi connectivity index (χ3v) is 3.38. The van der Waals surface area contributed by atoms with Crippen molar-refractivity contribution in [2.75, 3.05) is 11.4 Å². The molecule has 1 aliphatic carbocycles. The molecule has 0 atom stereocenters. The highest BCUT2D eigenvalue weighted by atomic mass is 15.2. The molecule has 94 valence electrons. The van der Waals surface area contributed by atoms with Crippen LogP contribution in [0.3, 0.4) is 0 Å². The lowest BCUT2D eigenvalue weighted by atomic mass is 10.1. The van der Waals surface area contributed by atoms with Crippen LogP contribution in [0.15, 0.2) is 6.07 Å². The molecular formula is C14H23N3. The van der Waals surface area contributed by atoms with Crippen molar-refractivity contribution in [3.8, 4) is 0 Å². The van der Waals surface area contributed by atoms with Crippen molar-refractivity contribution in [2.24, 2.45) is 5.73 Å². The minimum atomic E-state index is 0.585. The molecule has 3 nitrogen and oxygen atoms in total. The van der Waals surface area contributed by atoms with Crippen LogP contribution in [0.1, 0.15) is 43.0 Å². The molecule has 1 heterocycles. The molecule has 0 aliphatic heterocycles. The highest BCUT2D eigenvalue weighted by molar-refractivity contribution is 5.53. The molecule has 0 unspecified atom stereocenters. The molecule has 0 radical (unpaired) electrons. The number of hydrogen-bond donors (Lipinski definition) is 1. The lowest BCUT2D eigenvalue weighted by molar-refractivity contribution is 0.740. The molecule has 3 heteroatoms. The van der Waals surface area contributed by atoms with E-state index in [0.717, 1.165) is 24.5 Å². The van der Waals surface area contributed by atoms with Gasteiger partial charge in [0.1, 0.15) is 5.82 Å². The van der Waals surface area contributed by atoms with Gasteiger partial charge < -0.3 is 10.6 Å². The van der Waals surface area contributed by atoms with Gasteiger partial charge in [0.2, 0.25) is 0 Å². The molecule has 0 aromatic carbocycles. The monoisotopic (exact) mass is 233 g/mol. The molecule has 0 spiro atoms. The Bertz CT molecular complexity index is 397. The van der Waals surface area contributed by atoms with E-state index < -0.39 is 0 Å². The summed E-state index contributed by atoms with van der Waals surface area (Å²) >= 11 is 0. The van der Waals surface area contributed by atoms with Gasteiger partial charge in [-0.3, -0.25) is 0 Å². The summed E-state index contributed by atoms with van der Waals surface area (Å²) in [4.78, 5) is 7.19. The number of hydrogen-bond acceptors (Lipinski definition) is 3. The fourth-order valence-electron chi connectivity index (χ4n) is 2.42. The first-order chi connectivity index (χ1) is 8.17. The van der Waals surface area contributed by atoms with E-state index in [2.05, 4.69) is 31.7 Å². The Morgan fingerprint density at radius 1 is 1.41 bits per heavy atom. The number of pyridine rings is 1. The van der Waals surface area contributed by atoms with Gasteiger partial charge in [0.25, 0.3) is 0 Å². The Morgan fingerprint density at radius 2 is 2.12 bits per heavy atom. The number of nitrogens with zero attached hydrogens (tertiary/aromatic N) is 2. The molecule has 2 rings (SSSR count). The van der Waals surface area contributed by atoms with Crippen LogP contribution < -0.4 is 10.6 Å². The average Bonchev–Trinajstić information content (AvgIpc) is 3.08. The fourth-order valence-corrected chi connectivity index (χ4v) is 2.42. The predicted octanol–water partition coefficient (Wildman–Crippen LogP) is 2.54. The van der Waals surface area contributed by atoms with E-state index in [-0.39, 0.29) is 0 Å². The topological polar surface area (TPSA) is 42.2 Å². The Hall–Kier alpha value is -1.09. The van der Waals surface area contributed by atoms with E-state index in [0.29, 0.717) is 12.6 Å². The molecule has 1 aliphatic rings. The molecule has 1 fully saturated rings. The van der Waals surface area contributed by atoms with E-state index in [1.807, 2.05) is 0 Å². The SMILES string of the molecule is CCCN(c1nc(C)cc(C)c1CN)C1CC1. The lowest BCUT2D eigenvalue weighted by Crippen LogP contribution is -2.29. The maximum absolute atomic E-state index is 5.89. The first-order valence-electron chi connectivity index (χ1n) is 6.61. The summed E-state index contributed by atoms with van der Waals surface area (Å²) in [6.07, 6.45) is 3.77. The number of anilines is 1. The van der Waals surface area contributed by atoms with Gasteiger partial charge in [-0.05, 0) is 44.7 Å². The lowest BCUT2D eigenvalue weighted by Gasteiger charge is -2.26. The second-order valence-corrected chi connectivity index (χ2v) is 5.01. The summed E-state index contributed by atoms with van der Waals surface area (Å²) in [6, 6.07) is 2.83. The third kappa shape index (κ3) is 2.60. The second kappa shape index (κ2) is 5.05. The zero-order valence-corrected chi connectivity index (χ0v) is 11.2. The molecule has 0 amide bonds. The van der Waals surface area contributed by atoms with Crippen molar-refractivity contribution < 1.29 is 0 Å². The smallest absolute Gasteiger partial charge is 0.133 e. The maximum atomic E-state index is 5.89. The summed E-state index contributed by atoms with van der Waals surface area (Å²) < 4.78 is 0. The van der Waals surface area contributed by atoms with Crippen molar-refractivity contribution >= 4 is 5.82 Å². The van der Waals surface area contributed by atoms with Gasteiger partial charge in [-0.1, -0.05) is 6.92 Å². The van der Waals surface area contributed by atoms with Crippen LogP contribution >= 0.6 is 0 Å². The van der Waals surface area contributed by atoms with Crippen LogP contribution in [0.5, 0.6) is 0 Å². The van der Waals surface area contributed by atoms with Gasteiger partial charge in [0.15, 0.2) is 0 Å². The Labute approximate surface area is 104 Å². The van der Waals surface area contributed by atoms with Crippen LogP contribution in [-0.4, -0.2) is 17.6 Å². The average molecular weight is 233 g/mol. The summed E-state index contributed by atoms with van der Waals surface area (Å²) in [6.45, 7) is 8.10. The minimum Gasteiger partial charge on any atom is -0.353 e. The molecule has 1 saturated carbocycles. The van der Waals surface area contributed by atoms with Crippen molar-refractivity contribution in [3.05, 3.63) is 22.9 Å². The number of aryl methyl sites for hydroxylation is 2. The molecular weight excluding hydrogens is 210 g/mol. The van der Waals surface area contributed by atoms with E-state index in [1.54, 1.807) is 0 Å².